The molecular formula is C16H23NO2. The summed E-state index contributed by atoms with van der Waals surface area (Å²) in [5.74, 6) is 0.925. The van der Waals surface area contributed by atoms with Crippen molar-refractivity contribution in [2.45, 2.75) is 39.8 Å². The highest BCUT2D eigenvalue weighted by Crippen LogP contribution is 2.35. The number of aliphatic hydroxyl groups is 1. The largest absolute Gasteiger partial charge is 0.459 e. The van der Waals surface area contributed by atoms with Gasteiger partial charge < -0.3 is 14.8 Å². The maximum absolute atomic E-state index is 9.24. The third-order valence-electron chi connectivity index (χ3n) is 3.32. The van der Waals surface area contributed by atoms with Gasteiger partial charge in [0.15, 0.2) is 0 Å². The Hall–Kier alpha value is -1.32. The van der Waals surface area contributed by atoms with Crippen LogP contribution in [0.25, 0.3) is 11.0 Å². The van der Waals surface area contributed by atoms with E-state index in [0.29, 0.717) is 0 Å². The maximum atomic E-state index is 9.24. The molecule has 0 aliphatic heterocycles. The van der Waals surface area contributed by atoms with Crippen molar-refractivity contribution in [1.29, 1.82) is 0 Å². The van der Waals surface area contributed by atoms with E-state index in [-0.39, 0.29) is 24.1 Å². The summed E-state index contributed by atoms with van der Waals surface area (Å²) in [6.07, 6.45) is 0. The van der Waals surface area contributed by atoms with Crippen LogP contribution < -0.4 is 5.32 Å². The second-order valence-corrected chi connectivity index (χ2v) is 6.24. The molecule has 0 spiro atoms. The zero-order valence-electron chi connectivity index (χ0n) is 12.1. The molecule has 2 atom stereocenters. The van der Waals surface area contributed by atoms with E-state index in [1.807, 2.05) is 25.1 Å². The van der Waals surface area contributed by atoms with Gasteiger partial charge in [0.25, 0.3) is 0 Å². The molecule has 0 saturated carbocycles. The Morgan fingerprint density at radius 1 is 1.26 bits per heavy atom. The lowest BCUT2D eigenvalue weighted by Gasteiger charge is -2.32. The van der Waals surface area contributed by atoms with E-state index in [0.717, 1.165) is 16.7 Å². The number of benzene rings is 1. The highest BCUT2D eigenvalue weighted by molar-refractivity contribution is 5.77. The standard InChI is InChI=1S/C16H23NO2/c1-11(10-18)17-15(16(2,3)4)14-9-12-7-5-6-8-13(12)19-14/h5-9,11,15,17-18H,10H2,1-4H3/t11-,15?/m1/s1. The summed E-state index contributed by atoms with van der Waals surface area (Å²) in [6.45, 7) is 8.60. The summed E-state index contributed by atoms with van der Waals surface area (Å²) in [5.41, 5.74) is 0.919. The number of hydrogen-bond acceptors (Lipinski definition) is 3. The molecule has 0 aliphatic rings. The number of furan rings is 1. The van der Waals surface area contributed by atoms with Crippen molar-refractivity contribution in [2.24, 2.45) is 5.41 Å². The Morgan fingerprint density at radius 2 is 1.95 bits per heavy atom. The molecule has 2 N–H and O–H groups in total. The third kappa shape index (κ3) is 3.17. The molecule has 1 aromatic carbocycles. The van der Waals surface area contributed by atoms with E-state index in [9.17, 15) is 5.11 Å². The molecule has 3 heteroatoms. The lowest BCUT2D eigenvalue weighted by molar-refractivity contribution is 0.183. The van der Waals surface area contributed by atoms with Gasteiger partial charge in [0, 0.05) is 11.4 Å². The smallest absolute Gasteiger partial charge is 0.134 e. The van der Waals surface area contributed by atoms with E-state index >= 15 is 0 Å². The molecule has 19 heavy (non-hydrogen) atoms. The van der Waals surface area contributed by atoms with Gasteiger partial charge in [-0.05, 0) is 24.5 Å². The van der Waals surface area contributed by atoms with Crippen molar-refractivity contribution in [1.82, 2.24) is 5.32 Å². The van der Waals surface area contributed by atoms with E-state index in [1.54, 1.807) is 0 Å². The number of aliphatic hydroxyl groups excluding tert-OH is 1. The fourth-order valence-electron chi connectivity index (χ4n) is 2.24. The van der Waals surface area contributed by atoms with E-state index in [4.69, 9.17) is 4.42 Å². The SMILES string of the molecule is C[C@H](CO)NC(c1cc2ccccc2o1)C(C)(C)C. The Labute approximate surface area is 114 Å². The van der Waals surface area contributed by atoms with Crippen molar-refractivity contribution in [3.8, 4) is 0 Å². The molecule has 3 nitrogen and oxygen atoms in total. The van der Waals surface area contributed by atoms with Crippen LogP contribution in [0.1, 0.15) is 39.5 Å². The van der Waals surface area contributed by atoms with Gasteiger partial charge in [0.2, 0.25) is 0 Å². The maximum Gasteiger partial charge on any atom is 0.134 e. The summed E-state index contributed by atoms with van der Waals surface area (Å²) >= 11 is 0. The molecule has 1 unspecified atom stereocenters. The molecule has 0 fully saturated rings. The lowest BCUT2D eigenvalue weighted by Crippen LogP contribution is -2.39. The van der Waals surface area contributed by atoms with Crippen molar-refractivity contribution in [3.05, 3.63) is 36.1 Å². The predicted molar refractivity (Wildman–Crippen MR) is 78.1 cm³/mol. The minimum Gasteiger partial charge on any atom is -0.459 e. The summed E-state index contributed by atoms with van der Waals surface area (Å²) in [4.78, 5) is 0. The summed E-state index contributed by atoms with van der Waals surface area (Å²) < 4.78 is 5.96. The minimum absolute atomic E-state index is 0.0112. The second-order valence-electron chi connectivity index (χ2n) is 6.24. The van der Waals surface area contributed by atoms with Crippen molar-refractivity contribution in [2.75, 3.05) is 6.61 Å². The summed E-state index contributed by atoms with van der Waals surface area (Å²) in [5, 5.41) is 13.8. The van der Waals surface area contributed by atoms with E-state index in [1.165, 1.54) is 0 Å². The van der Waals surface area contributed by atoms with Gasteiger partial charge in [0.1, 0.15) is 11.3 Å². The van der Waals surface area contributed by atoms with Crippen LogP contribution in [0.15, 0.2) is 34.7 Å². The fraction of sp³-hybridized carbons (Fsp3) is 0.500. The van der Waals surface area contributed by atoms with Crippen LogP contribution in [0, 0.1) is 5.41 Å². The molecule has 0 radical (unpaired) electrons. The van der Waals surface area contributed by atoms with Crippen LogP contribution in [0.5, 0.6) is 0 Å². The normalized spacial score (nSPS) is 15.6. The average Bonchev–Trinajstić information content (AvgIpc) is 2.77. The number of fused-ring (bicyclic) bond motifs is 1. The second kappa shape index (κ2) is 5.35. The first-order valence-corrected chi connectivity index (χ1v) is 6.77. The van der Waals surface area contributed by atoms with Gasteiger partial charge in [-0.25, -0.2) is 0 Å². The molecule has 0 saturated heterocycles. The van der Waals surface area contributed by atoms with Gasteiger partial charge >= 0.3 is 0 Å². The molecule has 2 rings (SSSR count). The highest BCUT2D eigenvalue weighted by atomic mass is 16.3. The first-order chi connectivity index (χ1) is 8.91. The zero-order valence-corrected chi connectivity index (χ0v) is 12.1. The van der Waals surface area contributed by atoms with Crippen LogP contribution in [0.3, 0.4) is 0 Å². The highest BCUT2D eigenvalue weighted by Gasteiger charge is 2.30. The first-order valence-electron chi connectivity index (χ1n) is 6.77. The van der Waals surface area contributed by atoms with E-state index < -0.39 is 0 Å². The molecule has 0 bridgehead atoms. The number of nitrogens with one attached hydrogen (secondary N) is 1. The van der Waals surface area contributed by atoms with Crippen LogP contribution in [0.2, 0.25) is 0 Å². The van der Waals surface area contributed by atoms with Crippen LogP contribution in [-0.4, -0.2) is 17.8 Å². The third-order valence-corrected chi connectivity index (χ3v) is 3.32. The quantitative estimate of drug-likeness (QED) is 0.885. The molecule has 104 valence electrons. The molecule has 0 aliphatic carbocycles. The number of para-hydroxylation sites is 1. The fourth-order valence-corrected chi connectivity index (χ4v) is 2.24. The monoisotopic (exact) mass is 261 g/mol. The Balaban J connectivity index is 2.37. The molecule has 1 aromatic heterocycles. The first kappa shape index (κ1) is 14.1. The predicted octanol–water partition coefficient (Wildman–Crippen LogP) is 3.49. The van der Waals surface area contributed by atoms with Gasteiger partial charge in [0.05, 0.1) is 12.6 Å². The van der Waals surface area contributed by atoms with Crippen LogP contribution in [-0.2, 0) is 0 Å². The molecule has 1 heterocycles. The van der Waals surface area contributed by atoms with Crippen molar-refractivity contribution >= 4 is 11.0 Å². The Morgan fingerprint density at radius 3 is 2.53 bits per heavy atom. The zero-order chi connectivity index (χ0) is 14.0. The lowest BCUT2D eigenvalue weighted by atomic mass is 9.84. The molecule has 2 aromatic rings. The topological polar surface area (TPSA) is 45.4 Å². The Kier molecular flexibility index (Phi) is 3.97. The summed E-state index contributed by atoms with van der Waals surface area (Å²) in [7, 11) is 0. The van der Waals surface area contributed by atoms with Crippen molar-refractivity contribution < 1.29 is 9.52 Å². The molecular weight excluding hydrogens is 238 g/mol. The molecule has 0 amide bonds. The van der Waals surface area contributed by atoms with Crippen molar-refractivity contribution in [3.63, 3.8) is 0 Å². The van der Waals surface area contributed by atoms with Crippen LogP contribution >= 0.6 is 0 Å². The minimum atomic E-state index is 0.0112. The van der Waals surface area contributed by atoms with Gasteiger partial charge in [-0.3, -0.25) is 0 Å². The van der Waals surface area contributed by atoms with E-state index in [2.05, 4.69) is 38.2 Å². The average molecular weight is 261 g/mol. The number of rotatable bonds is 4. The van der Waals surface area contributed by atoms with Gasteiger partial charge in [-0.2, -0.15) is 0 Å². The number of hydrogen-bond donors (Lipinski definition) is 2. The summed E-state index contributed by atoms with van der Waals surface area (Å²) in [6, 6.07) is 10.2. The van der Waals surface area contributed by atoms with Gasteiger partial charge in [-0.1, -0.05) is 39.0 Å². The van der Waals surface area contributed by atoms with Gasteiger partial charge in [-0.15, -0.1) is 0 Å². The Bertz CT molecular complexity index is 506. The van der Waals surface area contributed by atoms with Crippen LogP contribution in [0.4, 0.5) is 0 Å².